The van der Waals surface area contributed by atoms with Crippen molar-refractivity contribution in [2.45, 2.75) is 6.42 Å². The maximum Gasteiger partial charge on any atom is 0.304 e. The maximum absolute atomic E-state index is 11.9. The van der Waals surface area contributed by atoms with Crippen LogP contribution in [0, 0.1) is 0 Å². The molecule has 0 saturated carbocycles. The van der Waals surface area contributed by atoms with E-state index in [9.17, 15) is 13.2 Å². The van der Waals surface area contributed by atoms with Gasteiger partial charge < -0.3 is 9.84 Å². The van der Waals surface area contributed by atoms with Crippen LogP contribution in [-0.4, -0.2) is 39.4 Å². The molecule has 0 saturated heterocycles. The molecule has 0 amide bonds. The maximum atomic E-state index is 11.9. The van der Waals surface area contributed by atoms with Gasteiger partial charge in [0.15, 0.2) is 0 Å². The third-order valence-corrected chi connectivity index (χ3v) is 4.17. The van der Waals surface area contributed by atoms with E-state index in [1.165, 1.54) is 14.2 Å². The zero-order chi connectivity index (χ0) is 13.8. The highest BCUT2D eigenvalue weighted by molar-refractivity contribution is 7.92. The molecule has 0 radical (unpaired) electrons. The standard InChI is InChI=1S/C11H15NO5S/c1-12(18(15,16)7-6-11(13)14)9-4-3-5-10(8-9)17-2/h3-5,8H,6-7H2,1-2H3,(H,13,14). The third kappa shape index (κ3) is 3.63. The highest BCUT2D eigenvalue weighted by Crippen LogP contribution is 2.22. The highest BCUT2D eigenvalue weighted by atomic mass is 32.2. The number of anilines is 1. The second-order valence-electron chi connectivity index (χ2n) is 3.63. The number of carboxylic acid groups (broad SMARTS) is 1. The Morgan fingerprint density at radius 1 is 1.44 bits per heavy atom. The van der Waals surface area contributed by atoms with E-state index in [1.807, 2.05) is 0 Å². The van der Waals surface area contributed by atoms with Crippen LogP contribution >= 0.6 is 0 Å². The van der Waals surface area contributed by atoms with Gasteiger partial charge in [0, 0.05) is 13.1 Å². The smallest absolute Gasteiger partial charge is 0.304 e. The molecule has 0 aromatic heterocycles. The van der Waals surface area contributed by atoms with Crippen molar-refractivity contribution in [2.75, 3.05) is 24.2 Å². The van der Waals surface area contributed by atoms with Crippen LogP contribution in [0.5, 0.6) is 5.75 Å². The number of sulfonamides is 1. The topological polar surface area (TPSA) is 83.9 Å². The first kappa shape index (κ1) is 14.3. The van der Waals surface area contributed by atoms with E-state index in [0.29, 0.717) is 11.4 Å². The Labute approximate surface area is 106 Å². The number of carboxylic acids is 1. The van der Waals surface area contributed by atoms with Gasteiger partial charge in [-0.05, 0) is 12.1 Å². The zero-order valence-corrected chi connectivity index (χ0v) is 11.0. The van der Waals surface area contributed by atoms with Gasteiger partial charge >= 0.3 is 5.97 Å². The van der Waals surface area contributed by atoms with E-state index < -0.39 is 28.2 Å². The van der Waals surface area contributed by atoms with Gasteiger partial charge in [-0.2, -0.15) is 0 Å². The number of nitrogens with zero attached hydrogens (tertiary/aromatic N) is 1. The molecule has 0 heterocycles. The summed E-state index contributed by atoms with van der Waals surface area (Å²) >= 11 is 0. The molecule has 0 atom stereocenters. The second-order valence-corrected chi connectivity index (χ2v) is 5.75. The molecule has 0 fully saturated rings. The normalized spacial score (nSPS) is 11.0. The van der Waals surface area contributed by atoms with Crippen LogP contribution in [0.3, 0.4) is 0 Å². The molecular weight excluding hydrogens is 258 g/mol. The summed E-state index contributed by atoms with van der Waals surface area (Å²) in [6, 6.07) is 6.54. The molecule has 0 aliphatic carbocycles. The lowest BCUT2D eigenvalue weighted by Gasteiger charge is -2.19. The summed E-state index contributed by atoms with van der Waals surface area (Å²) in [5.74, 6) is -1.04. The number of benzene rings is 1. The monoisotopic (exact) mass is 273 g/mol. The zero-order valence-electron chi connectivity index (χ0n) is 10.2. The van der Waals surface area contributed by atoms with Gasteiger partial charge in [-0.25, -0.2) is 8.42 Å². The van der Waals surface area contributed by atoms with Crippen molar-refractivity contribution in [3.8, 4) is 5.75 Å². The van der Waals surface area contributed by atoms with Crippen molar-refractivity contribution in [1.29, 1.82) is 0 Å². The van der Waals surface area contributed by atoms with Crippen molar-refractivity contribution < 1.29 is 23.1 Å². The first-order valence-corrected chi connectivity index (χ1v) is 6.80. The Morgan fingerprint density at radius 3 is 2.67 bits per heavy atom. The number of methoxy groups -OCH3 is 1. The minimum atomic E-state index is -3.64. The van der Waals surface area contributed by atoms with E-state index in [-0.39, 0.29) is 0 Å². The number of ether oxygens (including phenoxy) is 1. The van der Waals surface area contributed by atoms with Gasteiger partial charge in [-0.1, -0.05) is 6.07 Å². The van der Waals surface area contributed by atoms with Gasteiger partial charge in [0.25, 0.3) is 0 Å². The lowest BCUT2D eigenvalue weighted by atomic mass is 10.3. The molecule has 0 bridgehead atoms. The Bertz CT molecular complexity index is 526. The molecule has 1 N–H and O–H groups in total. The van der Waals surface area contributed by atoms with Crippen LogP contribution in [0.4, 0.5) is 5.69 Å². The average Bonchev–Trinajstić information content (AvgIpc) is 2.35. The number of hydrogen-bond acceptors (Lipinski definition) is 4. The molecule has 0 spiro atoms. The summed E-state index contributed by atoms with van der Waals surface area (Å²) < 4.78 is 29.8. The van der Waals surface area contributed by atoms with Crippen LogP contribution in [0.15, 0.2) is 24.3 Å². The van der Waals surface area contributed by atoms with Crippen LogP contribution < -0.4 is 9.04 Å². The fourth-order valence-corrected chi connectivity index (χ4v) is 2.46. The van der Waals surface area contributed by atoms with Gasteiger partial charge in [0.05, 0.1) is 25.0 Å². The Balaban J connectivity index is 2.91. The highest BCUT2D eigenvalue weighted by Gasteiger charge is 2.19. The second kappa shape index (κ2) is 5.72. The fraction of sp³-hybridized carbons (Fsp3) is 0.364. The molecule has 1 aromatic rings. The van der Waals surface area contributed by atoms with Crippen LogP contribution in [0.25, 0.3) is 0 Å². The molecule has 7 heteroatoms. The van der Waals surface area contributed by atoms with Gasteiger partial charge in [-0.3, -0.25) is 9.10 Å². The lowest BCUT2D eigenvalue weighted by Crippen LogP contribution is -2.29. The van der Waals surface area contributed by atoms with Crippen LogP contribution in [0.2, 0.25) is 0 Å². The first-order chi connectivity index (χ1) is 8.36. The molecule has 1 aromatic carbocycles. The van der Waals surface area contributed by atoms with Crippen molar-refractivity contribution in [1.82, 2.24) is 0 Å². The lowest BCUT2D eigenvalue weighted by molar-refractivity contribution is -0.136. The minimum absolute atomic E-state index is 0.420. The number of aliphatic carboxylic acids is 1. The molecular formula is C11H15NO5S. The van der Waals surface area contributed by atoms with Crippen molar-refractivity contribution in [2.24, 2.45) is 0 Å². The fourth-order valence-electron chi connectivity index (χ4n) is 1.32. The largest absolute Gasteiger partial charge is 0.497 e. The summed E-state index contributed by atoms with van der Waals surface area (Å²) in [4.78, 5) is 10.4. The quantitative estimate of drug-likeness (QED) is 0.833. The Hall–Kier alpha value is -1.76. The van der Waals surface area contributed by atoms with E-state index in [4.69, 9.17) is 9.84 Å². The third-order valence-electron chi connectivity index (χ3n) is 2.41. The number of rotatable bonds is 6. The molecule has 6 nitrogen and oxygen atoms in total. The van der Waals surface area contributed by atoms with Gasteiger partial charge in [0.2, 0.25) is 10.0 Å². The first-order valence-electron chi connectivity index (χ1n) is 5.19. The summed E-state index contributed by atoms with van der Waals surface area (Å²) in [6.07, 6.45) is -0.420. The average molecular weight is 273 g/mol. The van der Waals surface area contributed by atoms with Gasteiger partial charge in [0.1, 0.15) is 5.75 Å². The van der Waals surface area contributed by atoms with Crippen LogP contribution in [-0.2, 0) is 14.8 Å². The molecule has 0 aliphatic rings. The summed E-state index contributed by atoms with van der Waals surface area (Å²) in [6.45, 7) is 0. The molecule has 1 rings (SSSR count). The predicted octanol–water partition coefficient (Wildman–Crippen LogP) is 0.936. The summed E-state index contributed by atoms with van der Waals surface area (Å²) in [7, 11) is -0.771. The van der Waals surface area contributed by atoms with Crippen LogP contribution in [0.1, 0.15) is 6.42 Å². The van der Waals surface area contributed by atoms with E-state index in [0.717, 1.165) is 4.31 Å². The van der Waals surface area contributed by atoms with Gasteiger partial charge in [-0.15, -0.1) is 0 Å². The van der Waals surface area contributed by atoms with Crippen molar-refractivity contribution >= 4 is 21.7 Å². The molecule has 100 valence electrons. The summed E-state index contributed by atoms with van der Waals surface area (Å²) in [5, 5.41) is 8.51. The minimum Gasteiger partial charge on any atom is -0.497 e. The SMILES string of the molecule is COc1cccc(N(C)S(=O)(=O)CCC(=O)O)c1. The summed E-state index contributed by atoms with van der Waals surface area (Å²) in [5.41, 5.74) is 0.430. The van der Waals surface area contributed by atoms with E-state index in [1.54, 1.807) is 24.3 Å². The number of carbonyl (C=O) groups is 1. The predicted molar refractivity (Wildman–Crippen MR) is 67.4 cm³/mol. The molecule has 0 unspecified atom stereocenters. The molecule has 18 heavy (non-hydrogen) atoms. The number of hydrogen-bond donors (Lipinski definition) is 1. The van der Waals surface area contributed by atoms with E-state index in [2.05, 4.69) is 0 Å². The molecule has 0 aliphatic heterocycles. The van der Waals surface area contributed by atoms with Crippen molar-refractivity contribution in [3.05, 3.63) is 24.3 Å². The Kier molecular flexibility index (Phi) is 4.55. The van der Waals surface area contributed by atoms with E-state index >= 15 is 0 Å². The van der Waals surface area contributed by atoms with Crippen molar-refractivity contribution in [3.63, 3.8) is 0 Å². The Morgan fingerprint density at radius 2 is 2.11 bits per heavy atom.